The number of fused-ring (bicyclic) bond motifs is 1. The molecule has 4 aromatic rings. The molecule has 0 saturated carbocycles. The van der Waals surface area contributed by atoms with Gasteiger partial charge in [0.05, 0.1) is 6.54 Å². The van der Waals surface area contributed by atoms with Gasteiger partial charge in [-0.05, 0) is 68.1 Å². The Labute approximate surface area is 224 Å². The molecule has 196 valence electrons. The van der Waals surface area contributed by atoms with Crippen LogP contribution in [0.15, 0.2) is 66.9 Å². The summed E-state index contributed by atoms with van der Waals surface area (Å²) in [5.74, 6) is 0.976. The topological polar surface area (TPSA) is 56.1 Å². The van der Waals surface area contributed by atoms with Crippen LogP contribution in [0.1, 0.15) is 24.0 Å². The van der Waals surface area contributed by atoms with Crippen LogP contribution in [-0.4, -0.2) is 66.0 Å². The lowest BCUT2D eigenvalue weighted by atomic mass is 10.1. The minimum atomic E-state index is 0.117. The predicted molar refractivity (Wildman–Crippen MR) is 155 cm³/mol. The van der Waals surface area contributed by atoms with Crippen molar-refractivity contribution in [3.63, 3.8) is 0 Å². The summed E-state index contributed by atoms with van der Waals surface area (Å²) >= 11 is 0. The zero-order valence-electron chi connectivity index (χ0n) is 22.4. The first-order chi connectivity index (χ1) is 18.6. The summed E-state index contributed by atoms with van der Waals surface area (Å²) in [5, 5.41) is 3.45. The Morgan fingerprint density at radius 1 is 0.842 bits per heavy atom. The molecule has 0 bridgehead atoms. The molecule has 0 aliphatic carbocycles. The molecule has 2 aromatic carbocycles. The van der Waals surface area contributed by atoms with Gasteiger partial charge in [-0.2, -0.15) is 0 Å². The third kappa shape index (κ3) is 4.69. The number of hydrogen-bond acceptors (Lipinski definition) is 5. The van der Waals surface area contributed by atoms with Crippen molar-refractivity contribution >= 4 is 28.7 Å². The van der Waals surface area contributed by atoms with E-state index in [2.05, 4.69) is 71.4 Å². The van der Waals surface area contributed by atoms with Crippen molar-refractivity contribution in [3.05, 3.63) is 78.0 Å². The Morgan fingerprint density at radius 3 is 2.37 bits per heavy atom. The lowest BCUT2D eigenvalue weighted by Crippen LogP contribution is -2.50. The number of rotatable bonds is 6. The maximum Gasteiger partial charge on any atom is 0.242 e. The van der Waals surface area contributed by atoms with Crippen LogP contribution in [0, 0.1) is 13.8 Å². The highest BCUT2D eigenvalue weighted by atomic mass is 16.2. The number of pyridine rings is 1. The Kier molecular flexibility index (Phi) is 6.66. The number of piperazine rings is 1. The second-order valence-electron chi connectivity index (χ2n) is 10.4. The lowest BCUT2D eigenvalue weighted by molar-refractivity contribution is -0.129. The number of imidazole rings is 1. The number of anilines is 3. The van der Waals surface area contributed by atoms with Gasteiger partial charge >= 0.3 is 0 Å². The molecular formula is C31H36N6O. The number of hydrogen-bond donors (Lipinski definition) is 1. The van der Waals surface area contributed by atoms with Crippen molar-refractivity contribution in [1.29, 1.82) is 0 Å². The first-order valence-corrected chi connectivity index (χ1v) is 13.7. The number of aromatic nitrogens is 2. The number of amides is 1. The number of carbonyl (C=O) groups is 1. The molecule has 0 spiro atoms. The van der Waals surface area contributed by atoms with Crippen LogP contribution in [0.5, 0.6) is 0 Å². The fourth-order valence-electron chi connectivity index (χ4n) is 5.72. The maximum absolute atomic E-state index is 13.2. The Bertz CT molecular complexity index is 1430. The van der Waals surface area contributed by atoms with Crippen LogP contribution in [0.2, 0.25) is 0 Å². The average Bonchev–Trinajstić information content (AvgIpc) is 3.62. The van der Waals surface area contributed by atoms with Gasteiger partial charge in [-0.3, -0.25) is 9.20 Å². The normalized spacial score (nSPS) is 15.9. The van der Waals surface area contributed by atoms with Gasteiger partial charge in [0.1, 0.15) is 17.2 Å². The number of aryl methyl sites for hydroxylation is 1. The van der Waals surface area contributed by atoms with Crippen molar-refractivity contribution in [2.24, 2.45) is 0 Å². The number of nitrogens with zero attached hydrogens (tertiary/aromatic N) is 5. The quantitative estimate of drug-likeness (QED) is 0.398. The molecule has 2 aliphatic rings. The van der Waals surface area contributed by atoms with Crippen LogP contribution in [0.3, 0.4) is 0 Å². The van der Waals surface area contributed by atoms with E-state index in [9.17, 15) is 4.79 Å². The van der Waals surface area contributed by atoms with Gasteiger partial charge in [-0.1, -0.05) is 30.3 Å². The lowest BCUT2D eigenvalue weighted by Gasteiger charge is -2.37. The summed E-state index contributed by atoms with van der Waals surface area (Å²) in [4.78, 5) is 25.0. The van der Waals surface area contributed by atoms with Crippen molar-refractivity contribution in [1.82, 2.24) is 14.3 Å². The van der Waals surface area contributed by atoms with E-state index in [1.165, 1.54) is 35.3 Å². The van der Waals surface area contributed by atoms with Gasteiger partial charge in [0.2, 0.25) is 5.91 Å². The van der Waals surface area contributed by atoms with Crippen LogP contribution < -0.4 is 15.1 Å². The summed E-state index contributed by atoms with van der Waals surface area (Å²) in [6.45, 7) is 9.98. The van der Waals surface area contributed by atoms with Crippen LogP contribution in [0.25, 0.3) is 16.9 Å². The van der Waals surface area contributed by atoms with Crippen LogP contribution >= 0.6 is 0 Å². The molecule has 1 amide bonds. The Hall–Kier alpha value is -4.00. The van der Waals surface area contributed by atoms with Gasteiger partial charge in [-0.15, -0.1) is 0 Å². The van der Waals surface area contributed by atoms with Crippen molar-refractivity contribution < 1.29 is 4.79 Å². The highest BCUT2D eigenvalue weighted by molar-refractivity contribution is 5.84. The van der Waals surface area contributed by atoms with Crippen LogP contribution in [0.4, 0.5) is 17.2 Å². The monoisotopic (exact) mass is 508 g/mol. The highest BCUT2D eigenvalue weighted by Gasteiger charge is 2.23. The van der Waals surface area contributed by atoms with Gasteiger partial charge in [0, 0.05) is 62.4 Å². The summed E-state index contributed by atoms with van der Waals surface area (Å²) in [6.07, 6.45) is 4.52. The van der Waals surface area contributed by atoms with E-state index in [1.54, 1.807) is 0 Å². The van der Waals surface area contributed by atoms with Crippen molar-refractivity contribution in [2.45, 2.75) is 26.7 Å². The fourth-order valence-corrected chi connectivity index (χ4v) is 5.72. The minimum absolute atomic E-state index is 0.117. The molecule has 2 fully saturated rings. The molecule has 1 N–H and O–H groups in total. The Balaban J connectivity index is 1.15. The maximum atomic E-state index is 13.2. The first-order valence-electron chi connectivity index (χ1n) is 13.7. The van der Waals surface area contributed by atoms with Gasteiger partial charge in [0.25, 0.3) is 0 Å². The molecule has 7 nitrogen and oxygen atoms in total. The third-order valence-corrected chi connectivity index (χ3v) is 8.10. The summed E-state index contributed by atoms with van der Waals surface area (Å²) < 4.78 is 2.04. The fraction of sp³-hybridized carbons (Fsp3) is 0.355. The molecule has 4 heterocycles. The summed E-state index contributed by atoms with van der Waals surface area (Å²) in [5.41, 5.74) is 7.96. The zero-order valence-corrected chi connectivity index (χ0v) is 22.4. The molecule has 7 heteroatoms. The zero-order chi connectivity index (χ0) is 26.1. The SMILES string of the molecule is Cc1cccc(N2CCN(C(=O)CNc3c(-c4ccc(N5CCCC5)cc4)nc4ccccn34)CC2)c1C. The molecule has 0 unspecified atom stereocenters. The molecule has 0 radical (unpaired) electrons. The molecule has 2 aliphatic heterocycles. The minimum Gasteiger partial charge on any atom is -0.372 e. The highest BCUT2D eigenvalue weighted by Crippen LogP contribution is 2.31. The molecule has 2 saturated heterocycles. The number of benzene rings is 2. The van der Waals surface area contributed by atoms with E-state index in [-0.39, 0.29) is 12.5 Å². The number of nitrogens with one attached hydrogen (secondary N) is 1. The third-order valence-electron chi connectivity index (χ3n) is 8.10. The van der Waals surface area contributed by atoms with Crippen molar-refractivity contribution in [3.8, 4) is 11.3 Å². The van der Waals surface area contributed by atoms with E-state index in [0.29, 0.717) is 0 Å². The first kappa shape index (κ1) is 24.3. The number of carbonyl (C=O) groups excluding carboxylic acids is 1. The Morgan fingerprint density at radius 2 is 1.61 bits per heavy atom. The van der Waals surface area contributed by atoms with Crippen molar-refractivity contribution in [2.75, 3.05) is 60.9 Å². The average molecular weight is 509 g/mol. The van der Waals surface area contributed by atoms with E-state index < -0.39 is 0 Å². The molecular weight excluding hydrogens is 472 g/mol. The second kappa shape index (κ2) is 10.4. The molecule has 38 heavy (non-hydrogen) atoms. The van der Waals surface area contributed by atoms with E-state index in [4.69, 9.17) is 4.98 Å². The van der Waals surface area contributed by atoms with Crippen LogP contribution in [-0.2, 0) is 4.79 Å². The van der Waals surface area contributed by atoms with Gasteiger partial charge in [-0.25, -0.2) is 4.98 Å². The summed E-state index contributed by atoms with van der Waals surface area (Å²) in [7, 11) is 0. The standard InChI is InChI=1S/C31H36N6O/c1-23-8-7-9-27(24(23)2)35-18-20-36(21-19-35)29(38)22-32-31-30(33-28-10-3-4-17-37(28)31)25-11-13-26(14-12-25)34-15-5-6-16-34/h3-4,7-14,17,32H,5-6,15-16,18-22H2,1-2H3. The second-order valence-corrected chi connectivity index (χ2v) is 10.4. The van der Waals surface area contributed by atoms with E-state index in [1.807, 2.05) is 33.7 Å². The predicted octanol–water partition coefficient (Wildman–Crippen LogP) is 4.98. The largest absolute Gasteiger partial charge is 0.372 e. The summed E-state index contributed by atoms with van der Waals surface area (Å²) in [6, 6.07) is 21.1. The van der Waals surface area contributed by atoms with E-state index in [0.717, 1.165) is 62.0 Å². The molecule has 6 rings (SSSR count). The smallest absolute Gasteiger partial charge is 0.242 e. The molecule has 0 atom stereocenters. The van der Waals surface area contributed by atoms with Gasteiger partial charge in [0.15, 0.2) is 0 Å². The molecule has 2 aromatic heterocycles. The van der Waals surface area contributed by atoms with E-state index >= 15 is 0 Å². The van der Waals surface area contributed by atoms with Gasteiger partial charge < -0.3 is 20.0 Å².